The van der Waals surface area contributed by atoms with Crippen LogP contribution in [0, 0.1) is 5.92 Å². The fraction of sp³-hybridized carbons (Fsp3) is 0.474. The van der Waals surface area contributed by atoms with Crippen LogP contribution in [0.2, 0.25) is 0 Å². The second-order valence-electron chi connectivity index (χ2n) is 6.61. The van der Waals surface area contributed by atoms with E-state index in [1.54, 1.807) is 13.3 Å². The molecule has 0 bridgehead atoms. The molecule has 2 atom stereocenters. The standard InChI is InChI=1S/C19H25N3O3/c1-21-11-9-20-19(21)18(24)15-4-3-10-22(13-15)17(23)12-14-5-7-16(25-2)8-6-14/h5-9,11,15,18,24H,3-4,10,12-13H2,1-2H3. The molecule has 1 saturated heterocycles. The van der Waals surface area contributed by atoms with E-state index >= 15 is 0 Å². The van der Waals surface area contributed by atoms with Crippen molar-refractivity contribution in [2.24, 2.45) is 13.0 Å². The Morgan fingerprint density at radius 3 is 2.80 bits per heavy atom. The van der Waals surface area contributed by atoms with E-state index in [0.29, 0.717) is 18.8 Å². The molecule has 1 N–H and O–H groups in total. The lowest BCUT2D eigenvalue weighted by molar-refractivity contribution is -0.133. The van der Waals surface area contributed by atoms with Gasteiger partial charge in [0, 0.05) is 38.4 Å². The van der Waals surface area contributed by atoms with Crippen molar-refractivity contribution in [3.05, 3.63) is 48.0 Å². The van der Waals surface area contributed by atoms with Gasteiger partial charge in [0.05, 0.1) is 13.5 Å². The molecule has 0 radical (unpaired) electrons. The van der Waals surface area contributed by atoms with Crippen molar-refractivity contribution in [2.45, 2.75) is 25.4 Å². The average Bonchev–Trinajstić information content (AvgIpc) is 3.07. The summed E-state index contributed by atoms with van der Waals surface area (Å²) >= 11 is 0. The van der Waals surface area contributed by atoms with E-state index in [-0.39, 0.29) is 11.8 Å². The summed E-state index contributed by atoms with van der Waals surface area (Å²) in [6.07, 6.45) is 5.05. The predicted molar refractivity (Wildman–Crippen MR) is 94.2 cm³/mol. The van der Waals surface area contributed by atoms with Crippen LogP contribution in [0.5, 0.6) is 5.75 Å². The van der Waals surface area contributed by atoms with E-state index in [0.717, 1.165) is 30.7 Å². The summed E-state index contributed by atoms with van der Waals surface area (Å²) in [6.45, 7) is 1.32. The molecule has 1 aromatic carbocycles. The van der Waals surface area contributed by atoms with Crippen molar-refractivity contribution >= 4 is 5.91 Å². The minimum atomic E-state index is -0.642. The Hall–Kier alpha value is -2.34. The van der Waals surface area contributed by atoms with Crippen LogP contribution in [0.15, 0.2) is 36.7 Å². The molecule has 2 heterocycles. The normalized spacial score (nSPS) is 18.8. The molecule has 2 unspecified atom stereocenters. The lowest BCUT2D eigenvalue weighted by Gasteiger charge is -2.35. The van der Waals surface area contributed by atoms with E-state index in [9.17, 15) is 9.90 Å². The summed E-state index contributed by atoms with van der Waals surface area (Å²) in [6, 6.07) is 7.57. The Morgan fingerprint density at radius 2 is 2.16 bits per heavy atom. The number of likely N-dealkylation sites (tertiary alicyclic amines) is 1. The number of aliphatic hydroxyl groups excluding tert-OH is 1. The molecule has 1 aromatic heterocycles. The number of methoxy groups -OCH3 is 1. The van der Waals surface area contributed by atoms with E-state index < -0.39 is 6.10 Å². The molecule has 6 nitrogen and oxygen atoms in total. The molecule has 6 heteroatoms. The summed E-state index contributed by atoms with van der Waals surface area (Å²) < 4.78 is 6.98. The highest BCUT2D eigenvalue weighted by Gasteiger charge is 2.31. The summed E-state index contributed by atoms with van der Waals surface area (Å²) in [7, 11) is 3.50. The number of aliphatic hydroxyl groups is 1. The highest BCUT2D eigenvalue weighted by molar-refractivity contribution is 5.79. The van der Waals surface area contributed by atoms with Gasteiger partial charge in [-0.1, -0.05) is 12.1 Å². The zero-order chi connectivity index (χ0) is 17.8. The van der Waals surface area contributed by atoms with E-state index in [4.69, 9.17) is 4.74 Å². The van der Waals surface area contributed by atoms with Gasteiger partial charge in [0.1, 0.15) is 17.7 Å². The smallest absolute Gasteiger partial charge is 0.227 e. The number of hydrogen-bond donors (Lipinski definition) is 1. The fourth-order valence-corrected chi connectivity index (χ4v) is 3.40. The number of hydrogen-bond acceptors (Lipinski definition) is 4. The van der Waals surface area contributed by atoms with Crippen molar-refractivity contribution in [1.29, 1.82) is 0 Å². The third-order valence-corrected chi connectivity index (χ3v) is 4.89. The predicted octanol–water partition coefficient (Wildman–Crippen LogP) is 1.94. The van der Waals surface area contributed by atoms with Crippen LogP contribution in [0.4, 0.5) is 0 Å². The van der Waals surface area contributed by atoms with Gasteiger partial charge in [-0.2, -0.15) is 0 Å². The Bertz CT molecular complexity index is 711. The quantitative estimate of drug-likeness (QED) is 0.901. The number of benzene rings is 1. The summed E-state index contributed by atoms with van der Waals surface area (Å²) in [5.41, 5.74) is 0.970. The Balaban J connectivity index is 1.62. The third kappa shape index (κ3) is 4.02. The number of aromatic nitrogens is 2. The molecule has 0 saturated carbocycles. The van der Waals surface area contributed by atoms with Crippen LogP contribution in [0.3, 0.4) is 0 Å². The highest BCUT2D eigenvalue weighted by atomic mass is 16.5. The Morgan fingerprint density at radius 1 is 1.40 bits per heavy atom. The second-order valence-corrected chi connectivity index (χ2v) is 6.61. The number of aryl methyl sites for hydroxylation is 1. The molecule has 3 rings (SSSR count). The lowest BCUT2D eigenvalue weighted by atomic mass is 9.91. The van der Waals surface area contributed by atoms with Crippen molar-refractivity contribution in [1.82, 2.24) is 14.5 Å². The monoisotopic (exact) mass is 343 g/mol. The first-order valence-electron chi connectivity index (χ1n) is 8.64. The Labute approximate surface area is 148 Å². The number of imidazole rings is 1. The first kappa shape index (κ1) is 17.5. The van der Waals surface area contributed by atoms with Gasteiger partial charge in [0.25, 0.3) is 0 Å². The van der Waals surface area contributed by atoms with Crippen LogP contribution >= 0.6 is 0 Å². The molecule has 25 heavy (non-hydrogen) atoms. The van der Waals surface area contributed by atoms with E-state index in [1.807, 2.05) is 47.0 Å². The number of rotatable bonds is 5. The van der Waals surface area contributed by atoms with Crippen molar-refractivity contribution in [3.63, 3.8) is 0 Å². The summed E-state index contributed by atoms with van der Waals surface area (Å²) in [5.74, 6) is 1.57. The molecule has 1 aliphatic heterocycles. The molecule has 1 amide bonds. The van der Waals surface area contributed by atoms with Gasteiger partial charge in [0.2, 0.25) is 5.91 Å². The van der Waals surface area contributed by atoms with Crippen LogP contribution < -0.4 is 4.74 Å². The van der Waals surface area contributed by atoms with Gasteiger partial charge < -0.3 is 19.3 Å². The van der Waals surface area contributed by atoms with Gasteiger partial charge in [-0.3, -0.25) is 4.79 Å². The lowest BCUT2D eigenvalue weighted by Crippen LogP contribution is -2.42. The number of amides is 1. The maximum absolute atomic E-state index is 12.6. The zero-order valence-corrected chi connectivity index (χ0v) is 14.8. The number of carbonyl (C=O) groups is 1. The highest BCUT2D eigenvalue weighted by Crippen LogP contribution is 2.29. The third-order valence-electron chi connectivity index (χ3n) is 4.89. The molecule has 1 aliphatic rings. The molecular formula is C19H25N3O3. The van der Waals surface area contributed by atoms with Gasteiger partial charge in [0.15, 0.2) is 0 Å². The number of ether oxygens (including phenoxy) is 1. The number of piperidine rings is 1. The van der Waals surface area contributed by atoms with Crippen molar-refractivity contribution in [2.75, 3.05) is 20.2 Å². The SMILES string of the molecule is COc1ccc(CC(=O)N2CCCC(C(O)c3nccn3C)C2)cc1. The zero-order valence-electron chi connectivity index (χ0n) is 14.8. The first-order valence-corrected chi connectivity index (χ1v) is 8.64. The molecule has 0 spiro atoms. The maximum atomic E-state index is 12.6. The van der Waals surface area contributed by atoms with Crippen LogP contribution in [-0.4, -0.2) is 45.7 Å². The van der Waals surface area contributed by atoms with Gasteiger partial charge in [-0.25, -0.2) is 4.98 Å². The Kier molecular flexibility index (Phi) is 5.38. The second kappa shape index (κ2) is 7.70. The molecule has 0 aliphatic carbocycles. The molecule has 134 valence electrons. The topological polar surface area (TPSA) is 67.6 Å². The summed E-state index contributed by atoms with van der Waals surface area (Å²) in [5, 5.41) is 10.6. The largest absolute Gasteiger partial charge is 0.497 e. The van der Waals surface area contributed by atoms with E-state index in [2.05, 4.69) is 4.98 Å². The minimum absolute atomic E-state index is 0.0228. The number of nitrogens with zero attached hydrogens (tertiary/aromatic N) is 3. The van der Waals surface area contributed by atoms with Gasteiger partial charge in [-0.15, -0.1) is 0 Å². The van der Waals surface area contributed by atoms with Crippen LogP contribution in [0.1, 0.15) is 30.3 Å². The van der Waals surface area contributed by atoms with Crippen LogP contribution in [-0.2, 0) is 18.3 Å². The van der Waals surface area contributed by atoms with Gasteiger partial charge in [-0.05, 0) is 30.5 Å². The first-order chi connectivity index (χ1) is 12.1. The fourth-order valence-electron chi connectivity index (χ4n) is 3.40. The van der Waals surface area contributed by atoms with Crippen molar-refractivity contribution in [3.8, 4) is 5.75 Å². The maximum Gasteiger partial charge on any atom is 0.227 e. The van der Waals surface area contributed by atoms with Crippen molar-refractivity contribution < 1.29 is 14.6 Å². The molecular weight excluding hydrogens is 318 g/mol. The number of carbonyl (C=O) groups excluding carboxylic acids is 1. The summed E-state index contributed by atoms with van der Waals surface area (Å²) in [4.78, 5) is 18.7. The van der Waals surface area contributed by atoms with Crippen LogP contribution in [0.25, 0.3) is 0 Å². The van der Waals surface area contributed by atoms with Gasteiger partial charge >= 0.3 is 0 Å². The average molecular weight is 343 g/mol. The molecule has 2 aromatic rings. The molecule has 1 fully saturated rings. The van der Waals surface area contributed by atoms with E-state index in [1.165, 1.54) is 0 Å². The minimum Gasteiger partial charge on any atom is -0.497 e.